The van der Waals surface area contributed by atoms with Crippen LogP contribution in [0.3, 0.4) is 0 Å². The standard InChI is InChI=1S/C19H28F3N3O3/c1-17(2,3)27-15-9-7-8-14(23-15)25-11-10-24(12-13(25)19(20,21)22)16(26)28-18(4,5)6/h7-9,13H,10-12H2,1-6H3/t13-/m1/s1. The minimum absolute atomic E-state index is 0.0185. The Kier molecular flexibility index (Phi) is 6.06. The number of carbonyl (C=O) groups is 1. The molecule has 9 heteroatoms. The molecular weight excluding hydrogens is 375 g/mol. The normalized spacial score (nSPS) is 18.8. The predicted octanol–water partition coefficient (Wildman–Crippen LogP) is 4.25. The lowest BCUT2D eigenvalue weighted by molar-refractivity contribution is -0.155. The van der Waals surface area contributed by atoms with E-state index >= 15 is 0 Å². The van der Waals surface area contributed by atoms with Gasteiger partial charge in [0, 0.05) is 19.2 Å². The maximum Gasteiger partial charge on any atom is 0.410 e. The third kappa shape index (κ3) is 6.17. The molecular formula is C19H28F3N3O3. The van der Waals surface area contributed by atoms with Gasteiger partial charge in [0.2, 0.25) is 5.88 Å². The highest BCUT2D eigenvalue weighted by Gasteiger charge is 2.48. The number of halogens is 3. The van der Waals surface area contributed by atoms with E-state index in [0.29, 0.717) is 0 Å². The van der Waals surface area contributed by atoms with Gasteiger partial charge in [0.1, 0.15) is 23.1 Å². The van der Waals surface area contributed by atoms with E-state index in [-0.39, 0.29) is 24.8 Å². The quantitative estimate of drug-likeness (QED) is 0.739. The van der Waals surface area contributed by atoms with Crippen LogP contribution in [0.5, 0.6) is 5.88 Å². The number of amides is 1. The number of carbonyl (C=O) groups excluding carboxylic acids is 1. The zero-order valence-corrected chi connectivity index (χ0v) is 17.1. The average Bonchev–Trinajstić information content (AvgIpc) is 2.50. The van der Waals surface area contributed by atoms with Crippen molar-refractivity contribution in [2.75, 3.05) is 24.5 Å². The van der Waals surface area contributed by atoms with E-state index < -0.39 is 36.1 Å². The van der Waals surface area contributed by atoms with Gasteiger partial charge in [-0.2, -0.15) is 18.2 Å². The molecule has 0 unspecified atom stereocenters. The van der Waals surface area contributed by atoms with E-state index in [1.54, 1.807) is 32.9 Å². The molecule has 0 saturated carbocycles. The van der Waals surface area contributed by atoms with E-state index in [1.165, 1.54) is 6.07 Å². The summed E-state index contributed by atoms with van der Waals surface area (Å²) in [6.07, 6.45) is -5.29. The minimum Gasteiger partial charge on any atom is -0.472 e. The van der Waals surface area contributed by atoms with E-state index in [0.717, 1.165) is 9.80 Å². The Morgan fingerprint density at radius 3 is 2.25 bits per heavy atom. The van der Waals surface area contributed by atoms with Gasteiger partial charge in [-0.05, 0) is 47.6 Å². The fourth-order valence-corrected chi connectivity index (χ4v) is 2.76. The Labute approximate surface area is 163 Å². The van der Waals surface area contributed by atoms with Crippen LogP contribution < -0.4 is 9.64 Å². The molecule has 1 aliphatic rings. The van der Waals surface area contributed by atoms with E-state index in [4.69, 9.17) is 9.47 Å². The zero-order valence-electron chi connectivity index (χ0n) is 17.1. The van der Waals surface area contributed by atoms with E-state index in [1.807, 2.05) is 20.8 Å². The first-order valence-corrected chi connectivity index (χ1v) is 9.13. The van der Waals surface area contributed by atoms with Crippen molar-refractivity contribution < 1.29 is 27.4 Å². The highest BCUT2D eigenvalue weighted by atomic mass is 19.4. The Morgan fingerprint density at radius 2 is 1.71 bits per heavy atom. The first-order chi connectivity index (χ1) is 12.7. The zero-order chi connectivity index (χ0) is 21.3. The number of alkyl halides is 3. The Hall–Kier alpha value is -2.19. The van der Waals surface area contributed by atoms with Crippen LogP contribution >= 0.6 is 0 Å². The van der Waals surface area contributed by atoms with Crippen molar-refractivity contribution in [3.8, 4) is 5.88 Å². The molecule has 6 nitrogen and oxygen atoms in total. The van der Waals surface area contributed by atoms with Gasteiger partial charge in [0.05, 0.1) is 6.54 Å². The maximum absolute atomic E-state index is 13.7. The van der Waals surface area contributed by atoms with Gasteiger partial charge >= 0.3 is 12.3 Å². The number of rotatable bonds is 2. The molecule has 0 aromatic carbocycles. The first-order valence-electron chi connectivity index (χ1n) is 9.13. The third-order valence-corrected chi connectivity index (χ3v) is 3.82. The smallest absolute Gasteiger partial charge is 0.410 e. The van der Waals surface area contributed by atoms with Gasteiger partial charge in [0.25, 0.3) is 0 Å². The van der Waals surface area contributed by atoms with Crippen LogP contribution in [0.1, 0.15) is 41.5 Å². The Balaban J connectivity index is 2.24. The number of hydrogen-bond acceptors (Lipinski definition) is 5. The molecule has 0 aliphatic carbocycles. The molecule has 1 aromatic rings. The molecule has 1 saturated heterocycles. The second-order valence-electron chi connectivity index (χ2n) is 8.73. The second kappa shape index (κ2) is 7.67. The second-order valence-corrected chi connectivity index (χ2v) is 8.73. The van der Waals surface area contributed by atoms with Gasteiger partial charge in [0.15, 0.2) is 0 Å². The molecule has 158 valence electrons. The number of aromatic nitrogens is 1. The van der Waals surface area contributed by atoms with Gasteiger partial charge < -0.3 is 19.3 Å². The third-order valence-electron chi connectivity index (χ3n) is 3.82. The van der Waals surface area contributed by atoms with Crippen LogP contribution in [0.2, 0.25) is 0 Å². The highest BCUT2D eigenvalue weighted by molar-refractivity contribution is 5.68. The summed E-state index contributed by atoms with van der Waals surface area (Å²) in [6.45, 7) is 10.1. The summed E-state index contributed by atoms with van der Waals surface area (Å²) in [5, 5.41) is 0. The molecule has 1 aliphatic heterocycles. The summed E-state index contributed by atoms with van der Waals surface area (Å²) in [7, 11) is 0. The molecule has 1 amide bonds. The number of anilines is 1. The lowest BCUT2D eigenvalue weighted by Gasteiger charge is -2.42. The topological polar surface area (TPSA) is 54.9 Å². The number of ether oxygens (including phenoxy) is 2. The molecule has 1 aromatic heterocycles. The molecule has 0 radical (unpaired) electrons. The van der Waals surface area contributed by atoms with Crippen molar-refractivity contribution in [3.05, 3.63) is 18.2 Å². The van der Waals surface area contributed by atoms with Crippen LogP contribution in [-0.4, -0.2) is 59.0 Å². The predicted molar refractivity (Wildman–Crippen MR) is 99.6 cm³/mol. The monoisotopic (exact) mass is 403 g/mol. The van der Waals surface area contributed by atoms with Crippen LogP contribution in [0.4, 0.5) is 23.8 Å². The van der Waals surface area contributed by atoms with Gasteiger partial charge in [-0.15, -0.1) is 0 Å². The van der Waals surface area contributed by atoms with Gasteiger partial charge in [-0.1, -0.05) is 6.07 Å². The Morgan fingerprint density at radius 1 is 1.07 bits per heavy atom. The van der Waals surface area contributed by atoms with Crippen LogP contribution in [-0.2, 0) is 4.74 Å². The molecule has 2 rings (SSSR count). The van der Waals surface area contributed by atoms with Crippen molar-refractivity contribution in [2.45, 2.75) is 65.0 Å². The number of piperazine rings is 1. The van der Waals surface area contributed by atoms with Crippen molar-refractivity contribution in [3.63, 3.8) is 0 Å². The number of pyridine rings is 1. The summed E-state index contributed by atoms with van der Waals surface area (Å²) in [5.74, 6) is 0.411. The molecule has 1 fully saturated rings. The summed E-state index contributed by atoms with van der Waals surface area (Å²) in [6, 6.07) is 2.84. The molecule has 0 bridgehead atoms. The van der Waals surface area contributed by atoms with Gasteiger partial charge in [-0.25, -0.2) is 4.79 Å². The minimum atomic E-state index is -4.54. The SMILES string of the molecule is CC(C)(C)OC(=O)N1CCN(c2cccc(OC(C)(C)C)n2)[C@@H](C(F)(F)F)C1. The largest absolute Gasteiger partial charge is 0.472 e. The lowest BCUT2D eigenvalue weighted by Crippen LogP contribution is -2.61. The summed E-state index contributed by atoms with van der Waals surface area (Å²) >= 11 is 0. The number of hydrogen-bond donors (Lipinski definition) is 0. The maximum atomic E-state index is 13.7. The van der Waals surface area contributed by atoms with E-state index in [2.05, 4.69) is 4.98 Å². The summed E-state index contributed by atoms with van der Waals surface area (Å²) in [5.41, 5.74) is -1.30. The Bertz CT molecular complexity index is 696. The summed E-state index contributed by atoms with van der Waals surface area (Å²) in [4.78, 5) is 18.7. The molecule has 1 atom stereocenters. The van der Waals surface area contributed by atoms with Gasteiger partial charge in [-0.3, -0.25) is 0 Å². The van der Waals surface area contributed by atoms with Crippen LogP contribution in [0.15, 0.2) is 18.2 Å². The average molecular weight is 403 g/mol. The highest BCUT2D eigenvalue weighted by Crippen LogP contribution is 2.32. The van der Waals surface area contributed by atoms with Crippen molar-refractivity contribution in [2.24, 2.45) is 0 Å². The number of nitrogens with zero attached hydrogens (tertiary/aromatic N) is 3. The summed E-state index contributed by atoms with van der Waals surface area (Å²) < 4.78 is 52.1. The molecule has 0 spiro atoms. The lowest BCUT2D eigenvalue weighted by atomic mass is 10.1. The van der Waals surface area contributed by atoms with Crippen molar-refractivity contribution in [1.29, 1.82) is 0 Å². The van der Waals surface area contributed by atoms with Crippen LogP contribution in [0, 0.1) is 0 Å². The van der Waals surface area contributed by atoms with Crippen molar-refractivity contribution in [1.82, 2.24) is 9.88 Å². The fourth-order valence-electron chi connectivity index (χ4n) is 2.76. The molecule has 2 heterocycles. The van der Waals surface area contributed by atoms with E-state index in [9.17, 15) is 18.0 Å². The molecule has 0 N–H and O–H groups in total. The van der Waals surface area contributed by atoms with Crippen LogP contribution in [0.25, 0.3) is 0 Å². The van der Waals surface area contributed by atoms with Crippen molar-refractivity contribution >= 4 is 11.9 Å². The molecule has 28 heavy (non-hydrogen) atoms. The fraction of sp³-hybridized carbons (Fsp3) is 0.684. The first kappa shape index (κ1) is 22.1.